The molecule has 0 unspecified atom stereocenters. The number of hydrogen-bond donors (Lipinski definition) is 1. The van der Waals surface area contributed by atoms with E-state index in [0.29, 0.717) is 19.0 Å². The zero-order valence-electron chi connectivity index (χ0n) is 12.7. The summed E-state index contributed by atoms with van der Waals surface area (Å²) in [6.45, 7) is 1.29. The Bertz CT molecular complexity index is 769. The van der Waals surface area contributed by atoms with Crippen LogP contribution in [0.15, 0.2) is 35.5 Å². The number of aromatic nitrogens is 3. The molecule has 1 aliphatic rings. The fraction of sp³-hybridized carbons (Fsp3) is 0.429. The lowest BCUT2D eigenvalue weighted by molar-refractivity contribution is 0.0669. The first kappa shape index (κ1) is 15.8. The van der Waals surface area contributed by atoms with Crippen molar-refractivity contribution in [3.8, 4) is 5.88 Å². The van der Waals surface area contributed by atoms with Gasteiger partial charge in [-0.15, -0.1) is 0 Å². The molecule has 124 valence electrons. The van der Waals surface area contributed by atoms with Gasteiger partial charge in [-0.2, -0.15) is 5.10 Å². The van der Waals surface area contributed by atoms with Gasteiger partial charge >= 0.3 is 0 Å². The number of anilines is 1. The van der Waals surface area contributed by atoms with Crippen molar-refractivity contribution in [1.82, 2.24) is 14.8 Å². The van der Waals surface area contributed by atoms with Crippen molar-refractivity contribution in [2.24, 2.45) is 0 Å². The maximum atomic E-state index is 12.6. The summed E-state index contributed by atoms with van der Waals surface area (Å²) < 4.78 is 39.9. The highest BCUT2D eigenvalue weighted by atomic mass is 32.2. The second kappa shape index (κ2) is 6.55. The number of sulfonamides is 1. The highest BCUT2D eigenvalue weighted by molar-refractivity contribution is 7.92. The number of nitrogens with zero attached hydrogens (tertiary/aromatic N) is 3. The third-order valence-electron chi connectivity index (χ3n) is 3.67. The van der Waals surface area contributed by atoms with Gasteiger partial charge in [0.2, 0.25) is 5.88 Å². The van der Waals surface area contributed by atoms with E-state index in [4.69, 9.17) is 9.47 Å². The molecule has 2 aromatic rings. The molecule has 1 N–H and O–H groups in total. The highest BCUT2D eigenvalue weighted by Gasteiger charge is 2.24. The van der Waals surface area contributed by atoms with Crippen LogP contribution in [0, 0.1) is 0 Å². The van der Waals surface area contributed by atoms with Crippen LogP contribution in [0.2, 0.25) is 0 Å². The summed E-state index contributed by atoms with van der Waals surface area (Å²) in [5.41, 5.74) is 0. The van der Waals surface area contributed by atoms with E-state index < -0.39 is 10.0 Å². The van der Waals surface area contributed by atoms with Gasteiger partial charge in [0.05, 0.1) is 19.3 Å². The molecule has 23 heavy (non-hydrogen) atoms. The first-order valence-corrected chi connectivity index (χ1v) is 8.73. The van der Waals surface area contributed by atoms with E-state index in [1.807, 2.05) is 0 Å². The smallest absolute Gasteiger partial charge is 0.268 e. The average Bonchev–Trinajstić information content (AvgIpc) is 3.03. The maximum absolute atomic E-state index is 12.6. The maximum Gasteiger partial charge on any atom is 0.268 e. The van der Waals surface area contributed by atoms with E-state index in [0.717, 1.165) is 12.8 Å². The molecule has 9 heteroatoms. The number of pyridine rings is 1. The summed E-state index contributed by atoms with van der Waals surface area (Å²) in [4.78, 5) is 3.91. The molecule has 0 saturated carbocycles. The third-order valence-corrected chi connectivity index (χ3v) is 5.03. The Morgan fingerprint density at radius 1 is 1.30 bits per heavy atom. The first-order valence-electron chi connectivity index (χ1n) is 7.25. The monoisotopic (exact) mass is 338 g/mol. The van der Waals surface area contributed by atoms with Gasteiger partial charge in [-0.05, 0) is 25.0 Å². The van der Waals surface area contributed by atoms with Gasteiger partial charge in [0, 0.05) is 25.5 Å². The lowest BCUT2D eigenvalue weighted by Crippen LogP contribution is -2.24. The van der Waals surface area contributed by atoms with Crippen LogP contribution in [0.25, 0.3) is 0 Å². The van der Waals surface area contributed by atoms with Crippen LogP contribution in [0.1, 0.15) is 18.9 Å². The van der Waals surface area contributed by atoms with E-state index in [1.165, 1.54) is 19.4 Å². The summed E-state index contributed by atoms with van der Waals surface area (Å²) in [6.07, 6.45) is 4.65. The molecule has 0 bridgehead atoms. The van der Waals surface area contributed by atoms with Crippen molar-refractivity contribution in [2.45, 2.75) is 23.8 Å². The normalized spacial score (nSPS) is 16.2. The lowest BCUT2D eigenvalue weighted by Gasteiger charge is -2.24. The van der Waals surface area contributed by atoms with Crippen LogP contribution in [-0.2, 0) is 14.8 Å². The van der Waals surface area contributed by atoms with Crippen LogP contribution in [0.3, 0.4) is 0 Å². The Kier molecular flexibility index (Phi) is 4.49. The van der Waals surface area contributed by atoms with Crippen molar-refractivity contribution in [3.05, 3.63) is 30.6 Å². The van der Waals surface area contributed by atoms with Crippen molar-refractivity contribution >= 4 is 15.8 Å². The SMILES string of the molecule is COc1ncccc1S(=O)(=O)Nc1ccnn1C1CCOCC1. The predicted molar refractivity (Wildman–Crippen MR) is 82.9 cm³/mol. The van der Waals surface area contributed by atoms with Gasteiger partial charge in [-0.3, -0.25) is 4.72 Å². The average molecular weight is 338 g/mol. The van der Waals surface area contributed by atoms with Crippen LogP contribution in [0.5, 0.6) is 5.88 Å². The quantitative estimate of drug-likeness (QED) is 0.886. The lowest BCUT2D eigenvalue weighted by atomic mass is 10.1. The Balaban J connectivity index is 1.88. The van der Waals surface area contributed by atoms with Gasteiger partial charge in [-0.25, -0.2) is 18.1 Å². The Morgan fingerprint density at radius 3 is 2.83 bits per heavy atom. The molecule has 0 radical (unpaired) electrons. The van der Waals surface area contributed by atoms with Gasteiger partial charge < -0.3 is 9.47 Å². The van der Waals surface area contributed by atoms with Crippen molar-refractivity contribution in [2.75, 3.05) is 25.0 Å². The molecule has 3 rings (SSSR count). The summed E-state index contributed by atoms with van der Waals surface area (Å²) >= 11 is 0. The Hall–Kier alpha value is -2.13. The molecular weight excluding hydrogens is 320 g/mol. The molecule has 3 heterocycles. The van der Waals surface area contributed by atoms with E-state index in [1.54, 1.807) is 23.0 Å². The number of nitrogens with one attached hydrogen (secondary N) is 1. The Morgan fingerprint density at radius 2 is 2.09 bits per heavy atom. The molecule has 0 spiro atoms. The minimum atomic E-state index is -3.82. The van der Waals surface area contributed by atoms with Gasteiger partial charge in [-0.1, -0.05) is 0 Å². The van der Waals surface area contributed by atoms with Crippen LogP contribution >= 0.6 is 0 Å². The molecule has 0 aliphatic carbocycles. The van der Waals surface area contributed by atoms with Crippen LogP contribution < -0.4 is 9.46 Å². The zero-order chi connectivity index (χ0) is 16.3. The summed E-state index contributed by atoms with van der Waals surface area (Å²) in [6, 6.07) is 4.75. The number of hydrogen-bond acceptors (Lipinski definition) is 6. The summed E-state index contributed by atoms with van der Waals surface area (Å²) in [7, 11) is -2.43. The van der Waals surface area contributed by atoms with E-state index in [2.05, 4.69) is 14.8 Å². The predicted octanol–water partition coefficient (Wildman–Crippen LogP) is 1.44. The summed E-state index contributed by atoms with van der Waals surface area (Å²) in [5.74, 6) is 0.472. The molecule has 1 aliphatic heterocycles. The molecule has 8 nitrogen and oxygen atoms in total. The van der Waals surface area contributed by atoms with Gasteiger partial charge in [0.15, 0.2) is 0 Å². The van der Waals surface area contributed by atoms with Crippen molar-refractivity contribution in [3.63, 3.8) is 0 Å². The third kappa shape index (κ3) is 3.30. The molecule has 0 amide bonds. The fourth-order valence-electron chi connectivity index (χ4n) is 2.54. The molecule has 1 saturated heterocycles. The van der Waals surface area contributed by atoms with Crippen LogP contribution in [-0.4, -0.2) is 43.5 Å². The van der Waals surface area contributed by atoms with Crippen LogP contribution in [0.4, 0.5) is 5.82 Å². The van der Waals surface area contributed by atoms with E-state index in [-0.39, 0.29) is 16.8 Å². The highest BCUT2D eigenvalue weighted by Crippen LogP contribution is 2.27. The molecule has 0 aromatic carbocycles. The first-order chi connectivity index (χ1) is 11.1. The molecular formula is C14H18N4O4S. The fourth-order valence-corrected chi connectivity index (χ4v) is 3.71. The van der Waals surface area contributed by atoms with Crippen molar-refractivity contribution < 1.29 is 17.9 Å². The van der Waals surface area contributed by atoms with E-state index >= 15 is 0 Å². The molecule has 0 atom stereocenters. The second-order valence-corrected chi connectivity index (χ2v) is 6.77. The van der Waals surface area contributed by atoms with Gasteiger partial charge in [0.1, 0.15) is 10.7 Å². The topological polar surface area (TPSA) is 95.3 Å². The van der Waals surface area contributed by atoms with Gasteiger partial charge in [0.25, 0.3) is 10.0 Å². The van der Waals surface area contributed by atoms with Crippen molar-refractivity contribution in [1.29, 1.82) is 0 Å². The second-order valence-electron chi connectivity index (χ2n) is 5.12. The minimum absolute atomic E-state index is 0.0118. The Labute approximate surface area is 134 Å². The largest absolute Gasteiger partial charge is 0.480 e. The minimum Gasteiger partial charge on any atom is -0.480 e. The summed E-state index contributed by atoms with van der Waals surface area (Å²) in [5, 5.41) is 4.25. The number of rotatable bonds is 5. The van der Waals surface area contributed by atoms with E-state index in [9.17, 15) is 8.42 Å². The number of methoxy groups -OCH3 is 1. The standard InChI is InChI=1S/C14H18N4O4S/c1-21-14-12(3-2-7-15-14)23(19,20)17-13-4-8-16-18(13)11-5-9-22-10-6-11/h2-4,7-8,11,17H,5-6,9-10H2,1H3. The molecule has 1 fully saturated rings. The zero-order valence-corrected chi connectivity index (χ0v) is 13.5. The number of ether oxygens (including phenoxy) is 2. The molecule has 2 aromatic heterocycles.